The molecular formula is C18H23N5O. The second-order valence-corrected chi connectivity index (χ2v) is 6.50. The third-order valence-corrected chi connectivity index (χ3v) is 4.00. The predicted octanol–water partition coefficient (Wildman–Crippen LogP) is 3.94. The number of nitrogens with one attached hydrogen (secondary N) is 3. The van der Waals surface area contributed by atoms with E-state index in [9.17, 15) is 4.79 Å². The molecule has 3 N–H and O–H groups in total. The minimum atomic E-state index is -0.228. The van der Waals surface area contributed by atoms with Crippen LogP contribution >= 0.6 is 0 Å². The third kappa shape index (κ3) is 4.01. The Morgan fingerprint density at radius 2 is 1.83 bits per heavy atom. The Morgan fingerprint density at radius 1 is 1.12 bits per heavy atom. The van der Waals surface area contributed by atoms with Gasteiger partial charge < -0.3 is 10.6 Å². The first-order valence-corrected chi connectivity index (χ1v) is 8.30. The number of rotatable bonds is 5. The van der Waals surface area contributed by atoms with Crippen LogP contribution < -0.4 is 16.0 Å². The van der Waals surface area contributed by atoms with E-state index in [1.807, 2.05) is 6.07 Å². The summed E-state index contributed by atoms with van der Waals surface area (Å²) < 4.78 is 0. The summed E-state index contributed by atoms with van der Waals surface area (Å²) in [5.41, 5.74) is 3.46. The number of para-hydroxylation sites is 1. The van der Waals surface area contributed by atoms with E-state index in [2.05, 4.69) is 65.1 Å². The number of aromatic nitrogens is 2. The van der Waals surface area contributed by atoms with Gasteiger partial charge in [0, 0.05) is 11.7 Å². The average Bonchev–Trinajstić information content (AvgIpc) is 3.34. The maximum Gasteiger partial charge on any atom is 0.320 e. The second kappa shape index (κ2) is 6.86. The number of benzene rings is 1. The molecule has 0 atom stereocenters. The molecule has 0 unspecified atom stereocenters. The van der Waals surface area contributed by atoms with Crippen LogP contribution in [0.5, 0.6) is 0 Å². The molecule has 2 amide bonds. The Kier molecular flexibility index (Phi) is 4.64. The molecule has 0 aliphatic heterocycles. The zero-order chi connectivity index (χ0) is 17.1. The van der Waals surface area contributed by atoms with Crippen molar-refractivity contribution in [1.29, 1.82) is 0 Å². The summed E-state index contributed by atoms with van der Waals surface area (Å²) in [5.74, 6) is 1.50. The van der Waals surface area contributed by atoms with Gasteiger partial charge in [0.25, 0.3) is 0 Å². The van der Waals surface area contributed by atoms with Crippen molar-refractivity contribution in [1.82, 2.24) is 15.5 Å². The zero-order valence-corrected chi connectivity index (χ0v) is 14.3. The third-order valence-electron chi connectivity index (χ3n) is 4.00. The SMILES string of the molecule is Cc1cccc(C(C)C)c1Nc1ccc(NC(=O)NC2CC2)nn1. The lowest BCUT2D eigenvalue weighted by atomic mass is 9.98. The molecule has 0 spiro atoms. The molecule has 0 bridgehead atoms. The molecule has 0 radical (unpaired) electrons. The first-order chi connectivity index (χ1) is 11.5. The number of nitrogens with zero attached hydrogens (tertiary/aromatic N) is 2. The maximum atomic E-state index is 11.7. The monoisotopic (exact) mass is 325 g/mol. The molecule has 24 heavy (non-hydrogen) atoms. The summed E-state index contributed by atoms with van der Waals surface area (Å²) >= 11 is 0. The summed E-state index contributed by atoms with van der Waals surface area (Å²) in [6.07, 6.45) is 2.10. The van der Waals surface area contributed by atoms with Crippen LogP contribution in [0.1, 0.15) is 43.7 Å². The summed E-state index contributed by atoms with van der Waals surface area (Å²) in [4.78, 5) is 11.7. The summed E-state index contributed by atoms with van der Waals surface area (Å²) in [7, 11) is 0. The highest BCUT2D eigenvalue weighted by Gasteiger charge is 2.23. The number of amides is 2. The Hall–Kier alpha value is -2.63. The standard InChI is InChI=1S/C18H23N5O/c1-11(2)14-6-4-5-12(3)17(14)20-15-9-10-16(23-22-15)21-18(24)19-13-7-8-13/h4-6,9-11,13H,7-8H2,1-3H3,(H,20,22)(H2,19,21,23,24). The molecule has 126 valence electrons. The molecule has 1 heterocycles. The Balaban J connectivity index is 1.69. The van der Waals surface area contributed by atoms with Crippen molar-refractivity contribution in [2.45, 2.75) is 45.6 Å². The van der Waals surface area contributed by atoms with Gasteiger partial charge in [0.05, 0.1) is 0 Å². The number of carbonyl (C=O) groups is 1. The number of carbonyl (C=O) groups excluding carboxylic acids is 1. The van der Waals surface area contributed by atoms with Crippen molar-refractivity contribution in [3.8, 4) is 0 Å². The number of hydrogen-bond acceptors (Lipinski definition) is 4. The van der Waals surface area contributed by atoms with Crippen LogP contribution in [0.4, 0.5) is 22.1 Å². The minimum absolute atomic E-state index is 0.228. The summed E-state index contributed by atoms with van der Waals surface area (Å²) in [5, 5.41) is 17.1. The number of anilines is 3. The van der Waals surface area contributed by atoms with E-state index >= 15 is 0 Å². The Morgan fingerprint density at radius 3 is 2.46 bits per heavy atom. The van der Waals surface area contributed by atoms with E-state index < -0.39 is 0 Å². The molecule has 1 saturated carbocycles. The fourth-order valence-electron chi connectivity index (χ4n) is 2.50. The highest BCUT2D eigenvalue weighted by Crippen LogP contribution is 2.29. The molecule has 1 aromatic carbocycles. The smallest absolute Gasteiger partial charge is 0.320 e. The van der Waals surface area contributed by atoms with Gasteiger partial charge >= 0.3 is 6.03 Å². The summed E-state index contributed by atoms with van der Waals surface area (Å²) in [6.45, 7) is 6.40. The van der Waals surface area contributed by atoms with Gasteiger partial charge in [0.2, 0.25) is 0 Å². The molecule has 6 heteroatoms. The fraction of sp³-hybridized carbons (Fsp3) is 0.389. The van der Waals surface area contributed by atoms with Crippen LogP contribution in [-0.2, 0) is 0 Å². The largest absolute Gasteiger partial charge is 0.338 e. The predicted molar refractivity (Wildman–Crippen MR) is 95.8 cm³/mol. The highest BCUT2D eigenvalue weighted by atomic mass is 16.2. The lowest BCUT2D eigenvalue weighted by molar-refractivity contribution is 0.251. The topological polar surface area (TPSA) is 78.9 Å². The fourth-order valence-corrected chi connectivity index (χ4v) is 2.50. The van der Waals surface area contributed by atoms with Crippen molar-refractivity contribution in [3.05, 3.63) is 41.5 Å². The van der Waals surface area contributed by atoms with Crippen LogP contribution in [0.3, 0.4) is 0 Å². The molecule has 6 nitrogen and oxygen atoms in total. The first kappa shape index (κ1) is 16.2. The van der Waals surface area contributed by atoms with Gasteiger partial charge in [-0.2, -0.15) is 0 Å². The zero-order valence-electron chi connectivity index (χ0n) is 14.3. The minimum Gasteiger partial charge on any atom is -0.338 e. The van der Waals surface area contributed by atoms with Gasteiger partial charge in [-0.25, -0.2) is 4.79 Å². The van der Waals surface area contributed by atoms with Crippen LogP contribution in [-0.4, -0.2) is 22.3 Å². The molecule has 1 aromatic heterocycles. The lowest BCUT2D eigenvalue weighted by Crippen LogP contribution is -2.30. The van der Waals surface area contributed by atoms with Crippen LogP contribution in [0.2, 0.25) is 0 Å². The molecule has 1 aliphatic carbocycles. The van der Waals surface area contributed by atoms with Gasteiger partial charge in [-0.1, -0.05) is 32.0 Å². The molecular weight excluding hydrogens is 302 g/mol. The average molecular weight is 325 g/mol. The quantitative estimate of drug-likeness (QED) is 0.778. The van der Waals surface area contributed by atoms with Crippen molar-refractivity contribution in [2.75, 3.05) is 10.6 Å². The van der Waals surface area contributed by atoms with Gasteiger partial charge in [-0.05, 0) is 48.9 Å². The van der Waals surface area contributed by atoms with Gasteiger partial charge in [-0.15, -0.1) is 10.2 Å². The van der Waals surface area contributed by atoms with E-state index in [1.165, 1.54) is 5.56 Å². The lowest BCUT2D eigenvalue weighted by Gasteiger charge is -2.16. The van der Waals surface area contributed by atoms with Crippen LogP contribution in [0.15, 0.2) is 30.3 Å². The molecule has 1 fully saturated rings. The Labute approximate surface area is 142 Å². The van der Waals surface area contributed by atoms with Crippen molar-refractivity contribution in [3.63, 3.8) is 0 Å². The number of aryl methyl sites for hydroxylation is 1. The first-order valence-electron chi connectivity index (χ1n) is 8.30. The Bertz CT molecular complexity index is 723. The van der Waals surface area contributed by atoms with E-state index in [1.54, 1.807) is 6.07 Å². The molecule has 3 rings (SSSR count). The molecule has 2 aromatic rings. The van der Waals surface area contributed by atoms with E-state index in [0.29, 0.717) is 23.6 Å². The maximum absolute atomic E-state index is 11.7. The van der Waals surface area contributed by atoms with Crippen molar-refractivity contribution >= 4 is 23.4 Å². The van der Waals surface area contributed by atoms with Gasteiger partial charge in [0.15, 0.2) is 11.6 Å². The normalized spacial score (nSPS) is 13.7. The van der Waals surface area contributed by atoms with Gasteiger partial charge in [-0.3, -0.25) is 5.32 Å². The van der Waals surface area contributed by atoms with E-state index in [4.69, 9.17) is 0 Å². The van der Waals surface area contributed by atoms with Crippen molar-refractivity contribution in [2.24, 2.45) is 0 Å². The van der Waals surface area contributed by atoms with E-state index in [-0.39, 0.29) is 6.03 Å². The summed E-state index contributed by atoms with van der Waals surface area (Å²) in [6, 6.07) is 9.90. The van der Waals surface area contributed by atoms with Crippen molar-refractivity contribution < 1.29 is 4.79 Å². The van der Waals surface area contributed by atoms with E-state index in [0.717, 1.165) is 24.1 Å². The van der Waals surface area contributed by atoms with Crippen LogP contribution in [0, 0.1) is 6.92 Å². The van der Waals surface area contributed by atoms with Crippen LogP contribution in [0.25, 0.3) is 0 Å². The second-order valence-electron chi connectivity index (χ2n) is 6.50. The van der Waals surface area contributed by atoms with Gasteiger partial charge in [0.1, 0.15) is 0 Å². The number of hydrogen-bond donors (Lipinski definition) is 3. The molecule has 0 saturated heterocycles. The number of urea groups is 1. The molecule has 1 aliphatic rings. The highest BCUT2D eigenvalue weighted by molar-refractivity contribution is 5.88.